The van der Waals surface area contributed by atoms with E-state index < -0.39 is 0 Å². The predicted octanol–water partition coefficient (Wildman–Crippen LogP) is 2.67. The summed E-state index contributed by atoms with van der Waals surface area (Å²) < 4.78 is 6.37. The number of hydrogen-bond donors (Lipinski definition) is 1. The zero-order valence-corrected chi connectivity index (χ0v) is 9.02. The van der Waals surface area contributed by atoms with E-state index in [2.05, 4.69) is 29.8 Å². The zero-order chi connectivity index (χ0) is 9.19. The van der Waals surface area contributed by atoms with Gasteiger partial charge in [0.05, 0.1) is 4.47 Å². The Morgan fingerprint density at radius 3 is 2.67 bits per heavy atom. The molecule has 12 heavy (non-hydrogen) atoms. The fourth-order valence-corrected chi connectivity index (χ4v) is 1.45. The van der Waals surface area contributed by atoms with Gasteiger partial charge < -0.3 is 10.2 Å². The highest BCUT2D eigenvalue weighted by Gasteiger charge is 2.23. The number of furan rings is 1. The van der Waals surface area contributed by atoms with Gasteiger partial charge in [0.25, 0.3) is 0 Å². The number of hydrogen-bond acceptors (Lipinski definition) is 2. The largest absolute Gasteiger partial charge is 0.468 e. The zero-order valence-electron chi connectivity index (χ0n) is 7.43. The van der Waals surface area contributed by atoms with E-state index in [4.69, 9.17) is 10.2 Å². The van der Waals surface area contributed by atoms with Gasteiger partial charge >= 0.3 is 0 Å². The molecule has 0 fully saturated rings. The molecule has 0 spiro atoms. The van der Waals surface area contributed by atoms with Gasteiger partial charge in [-0.3, -0.25) is 0 Å². The first-order chi connectivity index (χ1) is 5.56. The molecule has 1 rings (SSSR count). The maximum absolute atomic E-state index is 5.51. The van der Waals surface area contributed by atoms with Gasteiger partial charge in [0.2, 0.25) is 0 Å². The van der Waals surface area contributed by atoms with E-state index in [-0.39, 0.29) is 5.41 Å². The molecule has 0 saturated heterocycles. The fraction of sp³-hybridized carbons (Fsp3) is 0.556. The first-order valence-corrected chi connectivity index (χ1v) is 4.80. The van der Waals surface area contributed by atoms with Crippen LogP contribution in [0, 0.1) is 0 Å². The van der Waals surface area contributed by atoms with E-state index in [9.17, 15) is 0 Å². The normalized spacial score (nSPS) is 12.0. The number of rotatable bonds is 3. The van der Waals surface area contributed by atoms with Crippen LogP contribution >= 0.6 is 15.9 Å². The lowest BCUT2D eigenvalue weighted by Crippen LogP contribution is -2.20. The Kier molecular flexibility index (Phi) is 2.96. The highest BCUT2D eigenvalue weighted by Crippen LogP contribution is 2.29. The van der Waals surface area contributed by atoms with Crippen molar-refractivity contribution in [3.63, 3.8) is 0 Å². The summed E-state index contributed by atoms with van der Waals surface area (Å²) in [7, 11) is 0. The average molecular weight is 232 g/mol. The summed E-state index contributed by atoms with van der Waals surface area (Å²) in [6.45, 7) is 4.95. The Hall–Kier alpha value is -0.280. The van der Waals surface area contributed by atoms with Gasteiger partial charge in [0.1, 0.15) is 12.0 Å². The van der Waals surface area contributed by atoms with Crippen molar-refractivity contribution in [1.82, 2.24) is 0 Å². The molecule has 0 radical (unpaired) electrons. The van der Waals surface area contributed by atoms with Gasteiger partial charge in [-0.1, -0.05) is 13.8 Å². The van der Waals surface area contributed by atoms with Gasteiger partial charge in [-0.2, -0.15) is 0 Å². The first kappa shape index (κ1) is 9.81. The lowest BCUT2D eigenvalue weighted by Gasteiger charge is -2.20. The van der Waals surface area contributed by atoms with Crippen LogP contribution in [0.3, 0.4) is 0 Å². The van der Waals surface area contributed by atoms with E-state index in [1.54, 1.807) is 6.26 Å². The van der Waals surface area contributed by atoms with E-state index in [1.165, 1.54) is 0 Å². The molecule has 0 aromatic carbocycles. The predicted molar refractivity (Wildman–Crippen MR) is 53.1 cm³/mol. The molecular formula is C9H14BrNO. The minimum atomic E-state index is 0.0424. The maximum atomic E-state index is 5.51. The third-order valence-corrected chi connectivity index (χ3v) is 2.42. The summed E-state index contributed by atoms with van der Waals surface area (Å²) in [6, 6.07) is 2.00. The first-order valence-electron chi connectivity index (χ1n) is 4.01. The van der Waals surface area contributed by atoms with E-state index in [0.717, 1.165) is 16.7 Å². The topological polar surface area (TPSA) is 39.2 Å². The molecule has 0 aliphatic heterocycles. The van der Waals surface area contributed by atoms with Crippen LogP contribution < -0.4 is 5.73 Å². The molecular weight excluding hydrogens is 218 g/mol. The van der Waals surface area contributed by atoms with Crippen LogP contribution in [0.2, 0.25) is 0 Å². The van der Waals surface area contributed by atoms with Crippen LogP contribution in [0.5, 0.6) is 0 Å². The van der Waals surface area contributed by atoms with E-state index in [1.807, 2.05) is 6.07 Å². The minimum Gasteiger partial charge on any atom is -0.468 e. The molecule has 0 amide bonds. The molecule has 3 heteroatoms. The van der Waals surface area contributed by atoms with Gasteiger partial charge in [0, 0.05) is 5.41 Å². The lowest BCUT2D eigenvalue weighted by atomic mass is 9.87. The summed E-state index contributed by atoms with van der Waals surface area (Å²) in [5.74, 6) is 0.986. The monoisotopic (exact) mass is 231 g/mol. The smallest absolute Gasteiger partial charge is 0.110 e. The molecule has 2 nitrogen and oxygen atoms in total. The SMILES string of the molecule is CC(C)(CCN)c1cc(Br)co1. The van der Waals surface area contributed by atoms with Crippen molar-refractivity contribution in [2.45, 2.75) is 25.7 Å². The van der Waals surface area contributed by atoms with Gasteiger partial charge in [-0.05, 0) is 35.0 Å². The Morgan fingerprint density at radius 1 is 1.58 bits per heavy atom. The number of halogens is 1. The van der Waals surface area contributed by atoms with Crippen LogP contribution in [-0.2, 0) is 5.41 Å². The second-order valence-corrected chi connectivity index (χ2v) is 4.47. The second-order valence-electron chi connectivity index (χ2n) is 3.55. The Bertz CT molecular complexity index is 255. The Balaban J connectivity index is 2.81. The summed E-state index contributed by atoms with van der Waals surface area (Å²) in [6.07, 6.45) is 2.64. The molecule has 0 aliphatic carbocycles. The Morgan fingerprint density at radius 2 is 2.25 bits per heavy atom. The van der Waals surface area contributed by atoms with Crippen LogP contribution in [0.4, 0.5) is 0 Å². The van der Waals surface area contributed by atoms with Crippen LogP contribution in [0.1, 0.15) is 26.0 Å². The van der Waals surface area contributed by atoms with E-state index >= 15 is 0 Å². The minimum absolute atomic E-state index is 0.0424. The molecule has 0 saturated carbocycles. The average Bonchev–Trinajstić information content (AvgIpc) is 2.36. The molecule has 68 valence electrons. The maximum Gasteiger partial charge on any atom is 0.110 e. The molecule has 0 atom stereocenters. The van der Waals surface area contributed by atoms with Crippen molar-refractivity contribution in [2.24, 2.45) is 5.73 Å². The van der Waals surface area contributed by atoms with Crippen LogP contribution in [0.25, 0.3) is 0 Å². The summed E-state index contributed by atoms with van der Waals surface area (Å²) in [5.41, 5.74) is 5.55. The molecule has 0 aliphatic rings. The van der Waals surface area contributed by atoms with Crippen molar-refractivity contribution >= 4 is 15.9 Å². The summed E-state index contributed by atoms with van der Waals surface area (Å²) in [5, 5.41) is 0. The third-order valence-electron chi connectivity index (χ3n) is 2.00. The Labute approximate surface area is 81.3 Å². The standard InChI is InChI=1S/C9H14BrNO/c1-9(2,3-4-11)8-5-7(10)6-12-8/h5-6H,3-4,11H2,1-2H3. The van der Waals surface area contributed by atoms with Crippen molar-refractivity contribution in [3.05, 3.63) is 22.6 Å². The van der Waals surface area contributed by atoms with Gasteiger partial charge in [0.15, 0.2) is 0 Å². The van der Waals surface area contributed by atoms with Crippen molar-refractivity contribution < 1.29 is 4.42 Å². The summed E-state index contributed by atoms with van der Waals surface area (Å²) in [4.78, 5) is 0. The lowest BCUT2D eigenvalue weighted by molar-refractivity contribution is 0.368. The molecule has 1 heterocycles. The van der Waals surface area contributed by atoms with Crippen molar-refractivity contribution in [2.75, 3.05) is 6.54 Å². The molecule has 1 aromatic heterocycles. The molecule has 0 bridgehead atoms. The van der Waals surface area contributed by atoms with Crippen molar-refractivity contribution in [1.29, 1.82) is 0 Å². The van der Waals surface area contributed by atoms with E-state index in [0.29, 0.717) is 6.54 Å². The van der Waals surface area contributed by atoms with Gasteiger partial charge in [-0.15, -0.1) is 0 Å². The van der Waals surface area contributed by atoms with Crippen molar-refractivity contribution in [3.8, 4) is 0 Å². The van der Waals surface area contributed by atoms with Crippen LogP contribution in [-0.4, -0.2) is 6.54 Å². The highest BCUT2D eigenvalue weighted by atomic mass is 79.9. The molecule has 1 aromatic rings. The highest BCUT2D eigenvalue weighted by molar-refractivity contribution is 9.10. The quantitative estimate of drug-likeness (QED) is 0.870. The van der Waals surface area contributed by atoms with Crippen LogP contribution in [0.15, 0.2) is 21.2 Å². The summed E-state index contributed by atoms with van der Waals surface area (Å²) >= 11 is 3.35. The van der Waals surface area contributed by atoms with Gasteiger partial charge in [-0.25, -0.2) is 0 Å². The molecule has 0 unspecified atom stereocenters. The third kappa shape index (κ3) is 2.11. The second kappa shape index (κ2) is 3.62. The molecule has 2 N–H and O–H groups in total. The number of nitrogens with two attached hydrogens (primary N) is 1. The fourth-order valence-electron chi connectivity index (χ4n) is 1.15.